The Labute approximate surface area is 263 Å². The van der Waals surface area contributed by atoms with E-state index in [1.54, 1.807) is 13.1 Å². The maximum Gasteiger partial charge on any atom is 0.251 e. The monoisotopic (exact) mass is 628 g/mol. The fourth-order valence-corrected chi connectivity index (χ4v) is 8.65. The van der Waals surface area contributed by atoms with Gasteiger partial charge in [-0.1, -0.05) is 43.1 Å². The minimum Gasteiger partial charge on any atom is -0.394 e. The quantitative estimate of drug-likeness (QED) is 0.326. The van der Waals surface area contributed by atoms with Crippen LogP contribution in [-0.2, 0) is 14.9 Å². The van der Waals surface area contributed by atoms with E-state index in [0.717, 1.165) is 48.9 Å². The standard InChI is InChI=1S/C33H42Cl2N4O4/c1-31(2)8-10-32(11-9-31)33(18-37-26-15-21(34)4-7-25(26)33)27(19-12-20(29(41)36-3)14-22(35)13-19)28(39-32)30(42)38-23-5-6-24(16-40)43-17-23/h4,7,12-15,23-24,27-28,37,39-40H,5-6,8-11,16-18H2,1-3H3,(H,36,41)(H,38,42)/t23-,24+,27+,28-,33-/m1/s1. The topological polar surface area (TPSA) is 112 Å². The SMILES string of the molecule is CNC(=O)c1cc(Cl)cc([C@H]2[C@H](C(=O)N[C@@H]3CC[C@@H](CO)OC3)NC3(CCC(C)(C)CC3)[C@@]23CNc2cc(Cl)ccc23)c1. The van der Waals surface area contributed by atoms with Crippen LogP contribution in [0.15, 0.2) is 36.4 Å². The molecule has 3 fully saturated rings. The van der Waals surface area contributed by atoms with Gasteiger partial charge in [-0.3, -0.25) is 14.9 Å². The molecule has 0 unspecified atom stereocenters. The smallest absolute Gasteiger partial charge is 0.251 e. The molecular weight excluding hydrogens is 587 g/mol. The maximum atomic E-state index is 14.4. The molecule has 2 spiro atoms. The molecule has 2 aromatic rings. The van der Waals surface area contributed by atoms with Gasteiger partial charge in [0.05, 0.1) is 31.4 Å². The van der Waals surface area contributed by atoms with Gasteiger partial charge in [0.15, 0.2) is 0 Å². The van der Waals surface area contributed by atoms with Crippen LogP contribution in [0.25, 0.3) is 0 Å². The van der Waals surface area contributed by atoms with Gasteiger partial charge in [0.2, 0.25) is 5.91 Å². The summed E-state index contributed by atoms with van der Waals surface area (Å²) in [5, 5.41) is 24.3. The number of aliphatic hydroxyl groups is 1. The van der Waals surface area contributed by atoms with Crippen LogP contribution in [0.4, 0.5) is 5.69 Å². The summed E-state index contributed by atoms with van der Waals surface area (Å²) in [6, 6.07) is 10.8. The van der Waals surface area contributed by atoms with Gasteiger partial charge in [0, 0.05) is 51.8 Å². The number of amides is 2. The zero-order valence-corrected chi connectivity index (χ0v) is 26.6. The largest absolute Gasteiger partial charge is 0.394 e. The molecule has 0 bridgehead atoms. The van der Waals surface area contributed by atoms with Gasteiger partial charge in [-0.2, -0.15) is 0 Å². The lowest BCUT2D eigenvalue weighted by Gasteiger charge is -2.51. The highest BCUT2D eigenvalue weighted by molar-refractivity contribution is 6.31. The van der Waals surface area contributed by atoms with Crippen molar-refractivity contribution in [3.05, 3.63) is 63.1 Å². The number of fused-ring (bicyclic) bond motifs is 3. The van der Waals surface area contributed by atoms with E-state index in [1.807, 2.05) is 24.3 Å². The molecule has 3 heterocycles. The normalized spacial score (nSPS) is 30.6. The van der Waals surface area contributed by atoms with E-state index >= 15 is 0 Å². The molecule has 6 rings (SSSR count). The fourth-order valence-electron chi connectivity index (χ4n) is 8.24. The Morgan fingerprint density at radius 2 is 1.81 bits per heavy atom. The minimum atomic E-state index is -0.587. The molecule has 3 aliphatic heterocycles. The van der Waals surface area contributed by atoms with Gasteiger partial charge in [0.25, 0.3) is 5.91 Å². The van der Waals surface area contributed by atoms with Crippen molar-refractivity contribution in [1.82, 2.24) is 16.0 Å². The summed E-state index contributed by atoms with van der Waals surface area (Å²) in [5.41, 5.74) is 2.73. The Kier molecular flexibility index (Phi) is 8.22. The van der Waals surface area contributed by atoms with E-state index in [-0.39, 0.29) is 47.4 Å². The molecule has 1 saturated carbocycles. The van der Waals surface area contributed by atoms with E-state index < -0.39 is 11.5 Å². The molecule has 43 heavy (non-hydrogen) atoms. The molecule has 0 radical (unpaired) electrons. The highest BCUT2D eigenvalue weighted by Gasteiger charge is 2.68. The van der Waals surface area contributed by atoms with Crippen molar-refractivity contribution >= 4 is 40.7 Å². The molecule has 2 amide bonds. The minimum absolute atomic E-state index is 0.0207. The van der Waals surface area contributed by atoms with Gasteiger partial charge in [-0.15, -0.1) is 0 Å². The second kappa shape index (κ2) is 11.5. The Balaban J connectivity index is 1.49. The molecule has 8 nitrogen and oxygen atoms in total. The molecule has 4 aliphatic rings. The molecule has 232 valence electrons. The number of carbonyl (C=O) groups excluding carboxylic acids is 2. The van der Waals surface area contributed by atoms with Gasteiger partial charge >= 0.3 is 0 Å². The lowest BCUT2D eigenvalue weighted by molar-refractivity contribution is -0.126. The second-order valence-electron chi connectivity index (χ2n) is 13.6. The Hall–Kier alpha value is -2.36. The van der Waals surface area contributed by atoms with Crippen molar-refractivity contribution in [2.75, 3.05) is 32.1 Å². The van der Waals surface area contributed by atoms with Crippen molar-refractivity contribution in [3.63, 3.8) is 0 Å². The number of anilines is 1. The van der Waals surface area contributed by atoms with Gasteiger partial charge in [-0.25, -0.2) is 0 Å². The third-order valence-electron chi connectivity index (χ3n) is 10.6. The zero-order valence-electron chi connectivity index (χ0n) is 25.1. The van der Waals surface area contributed by atoms with E-state index in [2.05, 4.69) is 41.2 Å². The lowest BCUT2D eigenvalue weighted by atomic mass is 9.53. The van der Waals surface area contributed by atoms with Gasteiger partial charge in [-0.05, 0) is 85.4 Å². The highest BCUT2D eigenvalue weighted by atomic mass is 35.5. The summed E-state index contributed by atoms with van der Waals surface area (Å²) in [5.74, 6) is -0.653. The Morgan fingerprint density at radius 1 is 1.05 bits per heavy atom. The predicted octanol–water partition coefficient (Wildman–Crippen LogP) is 4.77. The third-order valence-corrected chi connectivity index (χ3v) is 11.1. The zero-order chi connectivity index (χ0) is 30.6. The van der Waals surface area contributed by atoms with Crippen LogP contribution < -0.4 is 21.3 Å². The Morgan fingerprint density at radius 3 is 2.49 bits per heavy atom. The number of hydrogen-bond acceptors (Lipinski definition) is 6. The summed E-state index contributed by atoms with van der Waals surface area (Å²) in [7, 11) is 1.60. The van der Waals surface area contributed by atoms with Gasteiger partial charge < -0.3 is 25.8 Å². The van der Waals surface area contributed by atoms with E-state index in [1.165, 1.54) is 0 Å². The van der Waals surface area contributed by atoms with Crippen LogP contribution >= 0.6 is 23.2 Å². The summed E-state index contributed by atoms with van der Waals surface area (Å²) >= 11 is 13.2. The van der Waals surface area contributed by atoms with Crippen LogP contribution in [0, 0.1) is 5.41 Å². The lowest BCUT2D eigenvalue weighted by Crippen LogP contribution is -2.60. The van der Waals surface area contributed by atoms with Crippen molar-refractivity contribution in [2.45, 2.75) is 87.4 Å². The first-order valence-corrected chi connectivity index (χ1v) is 16.1. The molecular formula is C33H42Cl2N4O4. The van der Waals surface area contributed by atoms with Crippen molar-refractivity contribution in [2.24, 2.45) is 5.41 Å². The summed E-state index contributed by atoms with van der Waals surface area (Å²) in [6.45, 7) is 5.60. The first-order chi connectivity index (χ1) is 20.5. The number of hydrogen-bond donors (Lipinski definition) is 5. The molecule has 2 aromatic carbocycles. The number of carbonyl (C=O) groups is 2. The van der Waals surface area contributed by atoms with Crippen LogP contribution in [0.2, 0.25) is 10.0 Å². The van der Waals surface area contributed by atoms with Crippen LogP contribution in [0.1, 0.15) is 79.8 Å². The average Bonchev–Trinajstić information content (AvgIpc) is 3.50. The van der Waals surface area contributed by atoms with Crippen LogP contribution in [0.3, 0.4) is 0 Å². The van der Waals surface area contributed by atoms with Gasteiger partial charge in [0.1, 0.15) is 0 Å². The first kappa shape index (κ1) is 30.7. The molecule has 5 N–H and O–H groups in total. The molecule has 5 atom stereocenters. The number of rotatable bonds is 5. The van der Waals surface area contributed by atoms with Crippen LogP contribution in [0.5, 0.6) is 0 Å². The Bertz CT molecular complexity index is 1400. The average molecular weight is 630 g/mol. The first-order valence-electron chi connectivity index (χ1n) is 15.4. The van der Waals surface area contributed by atoms with E-state index in [9.17, 15) is 14.7 Å². The van der Waals surface area contributed by atoms with Crippen molar-refractivity contribution in [1.29, 1.82) is 0 Å². The summed E-state index contributed by atoms with van der Waals surface area (Å²) < 4.78 is 5.80. The van der Waals surface area contributed by atoms with Crippen molar-refractivity contribution in [3.8, 4) is 0 Å². The summed E-state index contributed by atoms with van der Waals surface area (Å²) in [4.78, 5) is 27.3. The molecule has 10 heteroatoms. The molecule has 2 saturated heterocycles. The number of benzene rings is 2. The van der Waals surface area contributed by atoms with E-state index in [4.69, 9.17) is 27.9 Å². The highest BCUT2D eigenvalue weighted by Crippen LogP contribution is 2.63. The van der Waals surface area contributed by atoms with Crippen LogP contribution in [-0.4, -0.2) is 67.5 Å². The third kappa shape index (κ3) is 5.33. The van der Waals surface area contributed by atoms with E-state index in [0.29, 0.717) is 35.2 Å². The molecule has 0 aromatic heterocycles. The maximum absolute atomic E-state index is 14.4. The fraction of sp³-hybridized carbons (Fsp3) is 0.576. The summed E-state index contributed by atoms with van der Waals surface area (Å²) in [6.07, 6.45) is 5.07. The number of nitrogens with one attached hydrogen (secondary N) is 4. The molecule has 1 aliphatic carbocycles. The number of aliphatic hydroxyl groups excluding tert-OH is 1. The predicted molar refractivity (Wildman–Crippen MR) is 169 cm³/mol. The number of ether oxygens (including phenoxy) is 1. The van der Waals surface area contributed by atoms with Crippen molar-refractivity contribution < 1.29 is 19.4 Å². The number of halogens is 2. The second-order valence-corrected chi connectivity index (χ2v) is 14.5.